The average Bonchev–Trinajstić information content (AvgIpc) is 3.63. The van der Waals surface area contributed by atoms with E-state index in [1.807, 2.05) is 48.5 Å². The first-order valence-electron chi connectivity index (χ1n) is 12.4. The summed E-state index contributed by atoms with van der Waals surface area (Å²) in [5, 5.41) is 3.31. The van der Waals surface area contributed by atoms with E-state index >= 15 is 0 Å². The Morgan fingerprint density at radius 3 is 1.83 bits per heavy atom. The largest absolute Gasteiger partial charge is 0.363 e. The van der Waals surface area contributed by atoms with Gasteiger partial charge in [0.25, 0.3) is 0 Å². The maximum absolute atomic E-state index is 4.70. The second-order valence-electron chi connectivity index (χ2n) is 8.63. The van der Waals surface area contributed by atoms with Crippen molar-refractivity contribution >= 4 is 39.7 Å². The van der Waals surface area contributed by atoms with Crippen LogP contribution in [0.3, 0.4) is 0 Å². The number of allylic oxidation sites excluding steroid dienone is 2. The molecule has 36 heavy (non-hydrogen) atoms. The Labute approximate surface area is 212 Å². The van der Waals surface area contributed by atoms with Crippen LogP contribution in [0.1, 0.15) is 37.3 Å². The molecule has 0 radical (unpaired) electrons. The molecule has 0 amide bonds. The first kappa shape index (κ1) is 23.4. The molecule has 178 valence electrons. The van der Waals surface area contributed by atoms with Crippen LogP contribution in [0.4, 0.5) is 5.82 Å². The van der Waals surface area contributed by atoms with Crippen LogP contribution in [0.25, 0.3) is 22.4 Å². The van der Waals surface area contributed by atoms with Gasteiger partial charge in [-0.3, -0.25) is 15.0 Å². The van der Waals surface area contributed by atoms with E-state index in [4.69, 9.17) is 4.99 Å². The molecule has 0 bridgehead atoms. The van der Waals surface area contributed by atoms with E-state index < -0.39 is 0 Å². The smallest absolute Gasteiger partial charge is 0.145 e. The van der Waals surface area contributed by atoms with E-state index in [9.17, 15) is 0 Å². The monoisotopic (exact) mass is 471 g/mol. The van der Waals surface area contributed by atoms with Crippen molar-refractivity contribution in [3.8, 4) is 0 Å². The zero-order valence-corrected chi connectivity index (χ0v) is 20.4. The van der Waals surface area contributed by atoms with Crippen molar-refractivity contribution in [1.82, 2.24) is 9.97 Å². The Kier molecular flexibility index (Phi) is 7.38. The third kappa shape index (κ3) is 5.81. The molecule has 0 fully saturated rings. The summed E-state index contributed by atoms with van der Waals surface area (Å²) in [6, 6.07) is 28.5. The van der Waals surface area contributed by atoms with Crippen LogP contribution >= 0.6 is 0 Å². The van der Waals surface area contributed by atoms with Gasteiger partial charge in [0.05, 0.1) is 35.2 Å². The van der Waals surface area contributed by atoms with Gasteiger partial charge in [0, 0.05) is 24.3 Å². The number of para-hydroxylation sites is 2. The predicted molar refractivity (Wildman–Crippen MR) is 151 cm³/mol. The zero-order chi connectivity index (χ0) is 24.6. The van der Waals surface area contributed by atoms with Crippen molar-refractivity contribution in [2.75, 3.05) is 11.9 Å². The van der Waals surface area contributed by atoms with Gasteiger partial charge >= 0.3 is 0 Å². The summed E-state index contributed by atoms with van der Waals surface area (Å²) in [5.74, 6) is 0.777. The molecule has 3 heterocycles. The number of rotatable bonds is 6. The van der Waals surface area contributed by atoms with Crippen molar-refractivity contribution in [2.45, 2.75) is 26.2 Å². The van der Waals surface area contributed by atoms with E-state index in [1.165, 1.54) is 11.3 Å². The molecule has 1 aromatic heterocycles. The Morgan fingerprint density at radius 2 is 1.22 bits per heavy atom. The molecular formula is C31H29N5. The SMILES string of the molecule is C1=C(c2ccccc2)N=C(CNc2cnc3ccccc3n2)C1.CCC1=NC(c2ccccc2)=CC1. The van der Waals surface area contributed by atoms with Crippen LogP contribution < -0.4 is 5.32 Å². The van der Waals surface area contributed by atoms with Gasteiger partial charge in [-0.15, -0.1) is 0 Å². The third-order valence-electron chi connectivity index (χ3n) is 6.09. The highest BCUT2D eigenvalue weighted by atomic mass is 15.0. The minimum absolute atomic E-state index is 0.680. The Balaban J connectivity index is 0.000000174. The van der Waals surface area contributed by atoms with Gasteiger partial charge in [0.1, 0.15) is 5.82 Å². The van der Waals surface area contributed by atoms with E-state index in [0.29, 0.717) is 6.54 Å². The lowest BCUT2D eigenvalue weighted by molar-refractivity contribution is 1.22. The van der Waals surface area contributed by atoms with Gasteiger partial charge in [-0.2, -0.15) is 0 Å². The van der Waals surface area contributed by atoms with E-state index in [1.54, 1.807) is 6.20 Å². The van der Waals surface area contributed by atoms with Crippen LogP contribution in [-0.4, -0.2) is 27.9 Å². The molecule has 0 atom stereocenters. The Bertz CT molecular complexity index is 1450. The topological polar surface area (TPSA) is 62.5 Å². The molecule has 6 rings (SSSR count). The first-order chi connectivity index (χ1) is 17.8. The minimum atomic E-state index is 0.680. The highest BCUT2D eigenvalue weighted by Crippen LogP contribution is 2.23. The Morgan fingerprint density at radius 1 is 0.667 bits per heavy atom. The highest BCUT2D eigenvalue weighted by molar-refractivity contribution is 5.98. The minimum Gasteiger partial charge on any atom is -0.363 e. The summed E-state index contributed by atoms with van der Waals surface area (Å²) >= 11 is 0. The second kappa shape index (κ2) is 11.4. The third-order valence-corrected chi connectivity index (χ3v) is 6.09. The number of anilines is 1. The number of hydrogen-bond donors (Lipinski definition) is 1. The summed E-state index contributed by atoms with van der Waals surface area (Å²) in [6.07, 6.45) is 9.10. The molecule has 4 aromatic rings. The number of nitrogens with one attached hydrogen (secondary N) is 1. The first-order valence-corrected chi connectivity index (χ1v) is 12.4. The van der Waals surface area contributed by atoms with Crippen LogP contribution in [0, 0.1) is 0 Å². The number of fused-ring (bicyclic) bond motifs is 1. The fourth-order valence-corrected chi connectivity index (χ4v) is 4.10. The normalized spacial score (nSPS) is 14.4. The summed E-state index contributed by atoms with van der Waals surface area (Å²) < 4.78 is 0. The standard InChI is InChI=1S/C19H16N4.C12H13N/c1-2-6-14(7-3-1)16-11-10-15(22-16)12-21-19-13-20-17-8-4-5-9-18(17)23-19;1-2-11-8-9-12(13-11)10-6-4-3-5-7-10/h1-9,11,13H,10,12H2,(H,21,23);3-7,9H,2,8H2,1H3. The molecule has 3 aromatic carbocycles. The molecule has 5 nitrogen and oxygen atoms in total. The summed E-state index contributed by atoms with van der Waals surface area (Å²) in [6.45, 7) is 2.83. The summed E-state index contributed by atoms with van der Waals surface area (Å²) in [7, 11) is 0. The van der Waals surface area contributed by atoms with Crippen LogP contribution in [0.5, 0.6) is 0 Å². The van der Waals surface area contributed by atoms with E-state index in [0.717, 1.165) is 58.8 Å². The molecule has 5 heteroatoms. The molecule has 0 saturated heterocycles. The number of hydrogen-bond acceptors (Lipinski definition) is 5. The van der Waals surface area contributed by atoms with Gasteiger partial charge in [-0.25, -0.2) is 4.98 Å². The summed E-state index contributed by atoms with van der Waals surface area (Å²) in [4.78, 5) is 18.2. The van der Waals surface area contributed by atoms with Crippen LogP contribution in [0.15, 0.2) is 113 Å². The van der Waals surface area contributed by atoms with Crippen molar-refractivity contribution in [1.29, 1.82) is 0 Å². The number of aliphatic imine (C=N–C) groups is 2. The molecule has 0 unspecified atom stereocenters. The van der Waals surface area contributed by atoms with Gasteiger partial charge in [0.2, 0.25) is 0 Å². The maximum atomic E-state index is 4.70. The average molecular weight is 472 g/mol. The van der Waals surface area contributed by atoms with Crippen LogP contribution in [-0.2, 0) is 0 Å². The van der Waals surface area contributed by atoms with Crippen molar-refractivity contribution in [3.63, 3.8) is 0 Å². The molecule has 0 aliphatic carbocycles. The highest BCUT2D eigenvalue weighted by Gasteiger charge is 2.10. The Hall–Kier alpha value is -4.38. The van der Waals surface area contributed by atoms with Gasteiger partial charge in [-0.05, 0) is 29.7 Å². The van der Waals surface area contributed by atoms with Gasteiger partial charge in [0.15, 0.2) is 0 Å². The van der Waals surface area contributed by atoms with E-state index in [2.05, 4.69) is 75.8 Å². The lowest BCUT2D eigenvalue weighted by atomic mass is 10.1. The number of nitrogens with zero attached hydrogens (tertiary/aromatic N) is 4. The fourth-order valence-electron chi connectivity index (χ4n) is 4.10. The molecular weight excluding hydrogens is 442 g/mol. The zero-order valence-electron chi connectivity index (χ0n) is 20.4. The van der Waals surface area contributed by atoms with Crippen LogP contribution in [0.2, 0.25) is 0 Å². The number of aromatic nitrogens is 2. The molecule has 0 saturated carbocycles. The number of benzene rings is 3. The van der Waals surface area contributed by atoms with Crippen molar-refractivity contribution in [2.24, 2.45) is 9.98 Å². The lowest BCUT2D eigenvalue weighted by Gasteiger charge is -2.06. The maximum Gasteiger partial charge on any atom is 0.145 e. The second-order valence-corrected chi connectivity index (χ2v) is 8.63. The van der Waals surface area contributed by atoms with E-state index in [-0.39, 0.29) is 0 Å². The van der Waals surface area contributed by atoms with Crippen molar-refractivity contribution in [3.05, 3.63) is 114 Å². The van der Waals surface area contributed by atoms with Gasteiger partial charge in [-0.1, -0.05) is 91.9 Å². The van der Waals surface area contributed by atoms with Gasteiger partial charge < -0.3 is 5.32 Å². The lowest BCUT2D eigenvalue weighted by Crippen LogP contribution is -2.12. The fraction of sp³-hybridized carbons (Fsp3) is 0.161. The molecule has 1 N–H and O–H groups in total. The van der Waals surface area contributed by atoms with Crippen molar-refractivity contribution < 1.29 is 0 Å². The quantitative estimate of drug-likeness (QED) is 0.323. The molecule has 2 aliphatic rings. The molecule has 0 spiro atoms. The molecule has 2 aliphatic heterocycles. The summed E-state index contributed by atoms with van der Waals surface area (Å²) in [5.41, 5.74) is 8.78. The predicted octanol–water partition coefficient (Wildman–Crippen LogP) is 7.21.